The largest absolute Gasteiger partial charge is 0.481 e. The number of carboxylic acids is 1. The first-order valence-corrected chi connectivity index (χ1v) is 6.27. The average molecular weight is 251 g/mol. The summed E-state index contributed by atoms with van der Waals surface area (Å²) in [6.07, 6.45) is 0.962. The highest BCUT2D eigenvalue weighted by Crippen LogP contribution is 2.16. The van der Waals surface area contributed by atoms with Crippen molar-refractivity contribution in [1.29, 1.82) is 0 Å². The molecule has 0 atom stereocenters. The van der Waals surface area contributed by atoms with Crippen molar-refractivity contribution < 1.29 is 9.90 Å². The standard InChI is InChI=1S/C13H21N3O2/c1-5-11-8-12(15-10(4)14-11)16(9(2)3)7-6-13(17)18/h8-9H,5-7H2,1-4H3,(H,17,18). The maximum Gasteiger partial charge on any atom is 0.305 e. The molecule has 0 aliphatic rings. The Balaban J connectivity index is 2.97. The Kier molecular flexibility index (Phi) is 5.07. The van der Waals surface area contributed by atoms with Crippen LogP contribution in [0, 0.1) is 6.92 Å². The maximum absolute atomic E-state index is 10.7. The van der Waals surface area contributed by atoms with Crippen LogP contribution in [0.2, 0.25) is 0 Å². The van der Waals surface area contributed by atoms with Crippen LogP contribution in [0.4, 0.5) is 5.82 Å². The summed E-state index contributed by atoms with van der Waals surface area (Å²) < 4.78 is 0. The van der Waals surface area contributed by atoms with Crippen molar-refractivity contribution in [3.8, 4) is 0 Å². The molecule has 0 aliphatic heterocycles. The second-order valence-corrected chi connectivity index (χ2v) is 4.55. The number of aliphatic carboxylic acids is 1. The number of nitrogens with zero attached hydrogens (tertiary/aromatic N) is 3. The summed E-state index contributed by atoms with van der Waals surface area (Å²) in [6, 6.07) is 2.15. The molecule has 5 heteroatoms. The van der Waals surface area contributed by atoms with Crippen molar-refractivity contribution in [1.82, 2.24) is 9.97 Å². The Morgan fingerprint density at radius 3 is 2.61 bits per heavy atom. The van der Waals surface area contributed by atoms with E-state index in [0.29, 0.717) is 6.54 Å². The minimum Gasteiger partial charge on any atom is -0.481 e. The summed E-state index contributed by atoms with van der Waals surface area (Å²) in [4.78, 5) is 21.4. The topological polar surface area (TPSA) is 66.3 Å². The van der Waals surface area contributed by atoms with E-state index in [0.717, 1.165) is 23.8 Å². The molecule has 0 radical (unpaired) electrons. The molecule has 0 saturated carbocycles. The summed E-state index contributed by atoms with van der Waals surface area (Å²) in [5, 5.41) is 8.79. The van der Waals surface area contributed by atoms with E-state index in [1.165, 1.54) is 0 Å². The van der Waals surface area contributed by atoms with Gasteiger partial charge in [0, 0.05) is 24.3 Å². The van der Waals surface area contributed by atoms with Gasteiger partial charge in [0.15, 0.2) is 0 Å². The van der Waals surface area contributed by atoms with Gasteiger partial charge >= 0.3 is 5.97 Å². The molecule has 100 valence electrons. The van der Waals surface area contributed by atoms with Crippen LogP contribution in [0.25, 0.3) is 0 Å². The first-order valence-electron chi connectivity index (χ1n) is 6.27. The third-order valence-electron chi connectivity index (χ3n) is 2.72. The van der Waals surface area contributed by atoms with Crippen LogP contribution < -0.4 is 4.90 Å². The second-order valence-electron chi connectivity index (χ2n) is 4.55. The second kappa shape index (κ2) is 6.33. The highest BCUT2D eigenvalue weighted by molar-refractivity contribution is 5.67. The zero-order valence-electron chi connectivity index (χ0n) is 11.5. The predicted octanol–water partition coefficient (Wildman–Crippen LogP) is 2.04. The maximum atomic E-state index is 10.7. The van der Waals surface area contributed by atoms with Gasteiger partial charge in [-0.25, -0.2) is 9.97 Å². The lowest BCUT2D eigenvalue weighted by Gasteiger charge is -2.27. The number of anilines is 1. The Hall–Kier alpha value is -1.65. The molecule has 0 aliphatic carbocycles. The van der Waals surface area contributed by atoms with Crippen molar-refractivity contribution in [3.63, 3.8) is 0 Å². The quantitative estimate of drug-likeness (QED) is 0.838. The first kappa shape index (κ1) is 14.4. The fraction of sp³-hybridized carbons (Fsp3) is 0.615. The third-order valence-corrected chi connectivity index (χ3v) is 2.72. The van der Waals surface area contributed by atoms with Gasteiger partial charge in [0.05, 0.1) is 6.42 Å². The van der Waals surface area contributed by atoms with Crippen LogP contribution in [0.15, 0.2) is 6.07 Å². The molecule has 1 heterocycles. The van der Waals surface area contributed by atoms with E-state index in [9.17, 15) is 4.79 Å². The van der Waals surface area contributed by atoms with Crippen molar-refractivity contribution in [2.75, 3.05) is 11.4 Å². The molecule has 0 amide bonds. The van der Waals surface area contributed by atoms with Crippen LogP contribution >= 0.6 is 0 Å². The molecule has 0 spiro atoms. The van der Waals surface area contributed by atoms with Crippen molar-refractivity contribution in [2.24, 2.45) is 0 Å². The molecule has 0 bridgehead atoms. The van der Waals surface area contributed by atoms with Crippen LogP contribution in [0.1, 0.15) is 38.7 Å². The number of aryl methyl sites for hydroxylation is 2. The Morgan fingerprint density at radius 2 is 2.11 bits per heavy atom. The molecular weight excluding hydrogens is 230 g/mol. The van der Waals surface area contributed by atoms with Gasteiger partial charge < -0.3 is 10.0 Å². The fourth-order valence-electron chi connectivity index (χ4n) is 1.79. The predicted molar refractivity (Wildman–Crippen MR) is 70.9 cm³/mol. The van der Waals surface area contributed by atoms with Crippen LogP contribution in [-0.4, -0.2) is 33.6 Å². The van der Waals surface area contributed by atoms with Crippen LogP contribution in [0.5, 0.6) is 0 Å². The van der Waals surface area contributed by atoms with Crippen molar-refractivity contribution in [3.05, 3.63) is 17.6 Å². The van der Waals surface area contributed by atoms with Gasteiger partial charge in [-0.2, -0.15) is 0 Å². The molecule has 0 saturated heterocycles. The van der Waals surface area contributed by atoms with Crippen LogP contribution in [0.3, 0.4) is 0 Å². The van der Waals surface area contributed by atoms with Crippen molar-refractivity contribution >= 4 is 11.8 Å². The Labute approximate surface area is 108 Å². The van der Waals surface area contributed by atoms with Gasteiger partial charge in [0.25, 0.3) is 0 Å². The molecule has 0 unspecified atom stereocenters. The highest BCUT2D eigenvalue weighted by atomic mass is 16.4. The zero-order chi connectivity index (χ0) is 13.7. The third kappa shape index (κ3) is 3.98. The van der Waals surface area contributed by atoms with E-state index < -0.39 is 5.97 Å². The van der Waals surface area contributed by atoms with Gasteiger partial charge in [0.1, 0.15) is 11.6 Å². The highest BCUT2D eigenvalue weighted by Gasteiger charge is 2.14. The Bertz CT molecular complexity index is 419. The average Bonchev–Trinajstić information content (AvgIpc) is 2.27. The molecule has 5 nitrogen and oxygen atoms in total. The number of hydrogen-bond donors (Lipinski definition) is 1. The molecular formula is C13H21N3O2. The monoisotopic (exact) mass is 251 g/mol. The molecule has 1 aromatic rings. The SMILES string of the molecule is CCc1cc(N(CCC(=O)O)C(C)C)nc(C)n1. The molecule has 1 aromatic heterocycles. The number of rotatable bonds is 6. The van der Waals surface area contributed by atoms with E-state index in [1.54, 1.807) is 0 Å². The van der Waals surface area contributed by atoms with Crippen molar-refractivity contribution in [2.45, 2.75) is 46.6 Å². The minimum atomic E-state index is -0.790. The lowest BCUT2D eigenvalue weighted by Crippen LogP contribution is -2.34. The molecule has 0 aromatic carbocycles. The summed E-state index contributed by atoms with van der Waals surface area (Å²) in [6.45, 7) is 8.43. The van der Waals surface area contributed by atoms with Gasteiger partial charge in [-0.1, -0.05) is 6.92 Å². The normalized spacial score (nSPS) is 10.7. The lowest BCUT2D eigenvalue weighted by atomic mass is 10.2. The molecule has 1 N–H and O–H groups in total. The summed E-state index contributed by atoms with van der Waals surface area (Å²) in [7, 11) is 0. The number of hydrogen-bond acceptors (Lipinski definition) is 4. The molecule has 0 fully saturated rings. The lowest BCUT2D eigenvalue weighted by molar-refractivity contribution is -0.136. The zero-order valence-corrected chi connectivity index (χ0v) is 11.5. The summed E-state index contributed by atoms with van der Waals surface area (Å²) >= 11 is 0. The number of aromatic nitrogens is 2. The summed E-state index contributed by atoms with van der Waals surface area (Å²) in [5.74, 6) is 0.753. The van der Waals surface area contributed by atoms with E-state index in [2.05, 4.69) is 9.97 Å². The van der Waals surface area contributed by atoms with Gasteiger partial charge in [-0.3, -0.25) is 4.79 Å². The molecule has 1 rings (SSSR count). The van der Waals surface area contributed by atoms with Gasteiger partial charge in [-0.05, 0) is 27.2 Å². The number of carboxylic acid groups (broad SMARTS) is 1. The smallest absolute Gasteiger partial charge is 0.305 e. The first-order chi connectivity index (χ1) is 8.43. The summed E-state index contributed by atoms with van der Waals surface area (Å²) in [5.41, 5.74) is 0.985. The van der Waals surface area contributed by atoms with Gasteiger partial charge in [-0.15, -0.1) is 0 Å². The van der Waals surface area contributed by atoms with E-state index in [4.69, 9.17) is 5.11 Å². The van der Waals surface area contributed by atoms with E-state index in [-0.39, 0.29) is 12.5 Å². The Morgan fingerprint density at radius 1 is 1.44 bits per heavy atom. The van der Waals surface area contributed by atoms with Gasteiger partial charge in [0.2, 0.25) is 0 Å². The number of carbonyl (C=O) groups is 1. The van der Waals surface area contributed by atoms with E-state index in [1.807, 2.05) is 38.7 Å². The minimum absolute atomic E-state index is 0.114. The fourth-order valence-corrected chi connectivity index (χ4v) is 1.79. The van der Waals surface area contributed by atoms with Crippen LogP contribution in [-0.2, 0) is 11.2 Å². The molecule has 18 heavy (non-hydrogen) atoms. The van der Waals surface area contributed by atoms with E-state index >= 15 is 0 Å².